The van der Waals surface area contributed by atoms with Crippen LogP contribution in [0.4, 0.5) is 4.39 Å². The molecular weight excluding hydrogens is 263 g/mol. The lowest BCUT2D eigenvalue weighted by Gasteiger charge is -2.08. The Hall–Kier alpha value is -0.630. The minimum Gasteiger partial charge on any atom is -0.326 e. The Bertz CT molecular complexity index is 477. The third-order valence-electron chi connectivity index (χ3n) is 2.12. The summed E-state index contributed by atoms with van der Waals surface area (Å²) < 4.78 is 39.4. The van der Waals surface area contributed by atoms with Crippen molar-refractivity contribution in [3.8, 4) is 0 Å². The molecule has 3 N–H and O–H groups in total. The van der Waals surface area contributed by atoms with Gasteiger partial charge in [0.05, 0.1) is 0 Å². The number of sulfonamides is 1. The minimum absolute atomic E-state index is 0.174. The fraction of sp³-hybridized carbons (Fsp3) is 0.400. The summed E-state index contributed by atoms with van der Waals surface area (Å²) in [6.07, 6.45) is 1.87. The lowest BCUT2D eigenvalue weighted by molar-refractivity contribution is 0.558. The average Bonchev–Trinajstić information content (AvgIpc) is 2.29. The highest BCUT2D eigenvalue weighted by atomic mass is 32.2. The van der Waals surface area contributed by atoms with Crippen LogP contribution in [0.5, 0.6) is 0 Å². The van der Waals surface area contributed by atoms with Gasteiger partial charge in [0.25, 0.3) is 0 Å². The van der Waals surface area contributed by atoms with E-state index in [1.165, 1.54) is 23.9 Å². The van der Waals surface area contributed by atoms with Crippen LogP contribution < -0.4 is 10.5 Å². The molecule has 0 atom stereocenters. The summed E-state index contributed by atoms with van der Waals surface area (Å²) in [4.78, 5) is -0.346. The van der Waals surface area contributed by atoms with E-state index in [1.807, 2.05) is 6.26 Å². The molecule has 1 aromatic rings. The molecule has 1 rings (SSSR count). The summed E-state index contributed by atoms with van der Waals surface area (Å²) >= 11 is 1.51. The summed E-state index contributed by atoms with van der Waals surface area (Å²) in [6.45, 7) is 0.448. The van der Waals surface area contributed by atoms with Crippen LogP contribution in [0.3, 0.4) is 0 Å². The van der Waals surface area contributed by atoms with Crippen molar-refractivity contribution < 1.29 is 12.8 Å². The first kappa shape index (κ1) is 14.4. The van der Waals surface area contributed by atoms with Crippen LogP contribution in [-0.2, 0) is 16.6 Å². The second-order valence-electron chi connectivity index (χ2n) is 3.36. The van der Waals surface area contributed by atoms with E-state index in [4.69, 9.17) is 5.73 Å². The topological polar surface area (TPSA) is 72.2 Å². The molecule has 7 heteroatoms. The second kappa shape index (κ2) is 6.34. The van der Waals surface area contributed by atoms with Crippen LogP contribution in [0.2, 0.25) is 0 Å². The van der Waals surface area contributed by atoms with Crippen LogP contribution >= 0.6 is 11.8 Å². The molecule has 96 valence electrons. The standard InChI is InChI=1S/C10H15FN2O2S2/c1-16-5-4-13-17(14,15)10-6-8(7-12)2-3-9(10)11/h2-3,6,13H,4-5,7,12H2,1H3. The Labute approximate surface area is 105 Å². The zero-order chi connectivity index (χ0) is 12.9. The van der Waals surface area contributed by atoms with E-state index in [2.05, 4.69) is 4.72 Å². The largest absolute Gasteiger partial charge is 0.326 e. The van der Waals surface area contributed by atoms with Crippen molar-refractivity contribution in [1.29, 1.82) is 0 Å². The number of rotatable bonds is 6. The van der Waals surface area contributed by atoms with E-state index in [0.717, 1.165) is 6.07 Å². The van der Waals surface area contributed by atoms with Gasteiger partial charge in [0.1, 0.15) is 10.7 Å². The number of nitrogens with two attached hydrogens (primary N) is 1. The molecule has 1 aromatic carbocycles. The molecule has 4 nitrogen and oxygen atoms in total. The molecule has 0 heterocycles. The van der Waals surface area contributed by atoms with E-state index in [0.29, 0.717) is 11.3 Å². The quantitative estimate of drug-likeness (QED) is 0.759. The highest BCUT2D eigenvalue weighted by Crippen LogP contribution is 2.16. The van der Waals surface area contributed by atoms with Gasteiger partial charge in [0.2, 0.25) is 10.0 Å². The highest BCUT2D eigenvalue weighted by Gasteiger charge is 2.18. The predicted octanol–water partition coefficient (Wildman–Crippen LogP) is 0.926. The zero-order valence-corrected chi connectivity index (χ0v) is 11.1. The van der Waals surface area contributed by atoms with Gasteiger partial charge in [0.15, 0.2) is 0 Å². The molecular formula is C10H15FN2O2S2. The van der Waals surface area contributed by atoms with Gasteiger partial charge < -0.3 is 5.73 Å². The van der Waals surface area contributed by atoms with Gasteiger partial charge in [0, 0.05) is 18.8 Å². The first-order chi connectivity index (χ1) is 8.01. The maximum absolute atomic E-state index is 13.4. The van der Waals surface area contributed by atoms with Gasteiger partial charge in [-0.1, -0.05) is 6.07 Å². The number of thioether (sulfide) groups is 1. The number of hydrogen-bond donors (Lipinski definition) is 2. The summed E-state index contributed by atoms with van der Waals surface area (Å²) in [5.41, 5.74) is 5.97. The van der Waals surface area contributed by atoms with Crippen molar-refractivity contribution in [3.63, 3.8) is 0 Å². The number of halogens is 1. The fourth-order valence-corrected chi connectivity index (χ4v) is 2.83. The maximum Gasteiger partial charge on any atom is 0.243 e. The molecule has 0 aliphatic carbocycles. The normalized spacial score (nSPS) is 11.7. The van der Waals surface area contributed by atoms with E-state index in [1.54, 1.807) is 0 Å². The highest BCUT2D eigenvalue weighted by molar-refractivity contribution is 7.98. The maximum atomic E-state index is 13.4. The smallest absolute Gasteiger partial charge is 0.243 e. The molecule has 0 radical (unpaired) electrons. The van der Waals surface area contributed by atoms with Crippen LogP contribution in [-0.4, -0.2) is 27.0 Å². The molecule has 0 aliphatic heterocycles. The third-order valence-corrected chi connectivity index (χ3v) is 4.21. The number of benzene rings is 1. The Morgan fingerprint density at radius 3 is 2.76 bits per heavy atom. The first-order valence-electron chi connectivity index (χ1n) is 4.98. The van der Waals surface area contributed by atoms with Gasteiger partial charge in [-0.2, -0.15) is 11.8 Å². The van der Waals surface area contributed by atoms with Crippen LogP contribution in [0, 0.1) is 5.82 Å². The van der Waals surface area contributed by atoms with Crippen molar-refractivity contribution in [3.05, 3.63) is 29.6 Å². The summed E-state index contributed by atoms with van der Waals surface area (Å²) in [5, 5.41) is 0. The Kier molecular flexibility index (Phi) is 5.38. The van der Waals surface area contributed by atoms with Gasteiger partial charge in [-0.15, -0.1) is 0 Å². The Morgan fingerprint density at radius 2 is 2.18 bits per heavy atom. The van der Waals surface area contributed by atoms with Crippen molar-refractivity contribution in [2.45, 2.75) is 11.4 Å². The SMILES string of the molecule is CSCCNS(=O)(=O)c1cc(CN)ccc1F. The van der Waals surface area contributed by atoms with Crippen LogP contribution in [0.25, 0.3) is 0 Å². The first-order valence-corrected chi connectivity index (χ1v) is 7.86. The van der Waals surface area contributed by atoms with Crippen molar-refractivity contribution in [1.82, 2.24) is 4.72 Å². The van der Waals surface area contributed by atoms with E-state index >= 15 is 0 Å². The summed E-state index contributed by atoms with van der Waals surface area (Å²) in [5.74, 6) is -0.129. The molecule has 17 heavy (non-hydrogen) atoms. The molecule has 0 fully saturated rings. The fourth-order valence-electron chi connectivity index (χ4n) is 1.24. The van der Waals surface area contributed by atoms with Gasteiger partial charge >= 0.3 is 0 Å². The molecule has 0 aliphatic rings. The molecule has 0 amide bonds. The average molecular weight is 278 g/mol. The minimum atomic E-state index is -3.79. The molecule has 0 saturated heterocycles. The summed E-state index contributed by atoms with van der Waals surface area (Å²) in [6, 6.07) is 3.85. The Morgan fingerprint density at radius 1 is 1.47 bits per heavy atom. The van der Waals surface area contributed by atoms with E-state index in [-0.39, 0.29) is 18.0 Å². The third kappa shape index (κ3) is 3.95. The van der Waals surface area contributed by atoms with Gasteiger partial charge in [-0.05, 0) is 24.0 Å². The van der Waals surface area contributed by atoms with E-state index < -0.39 is 15.8 Å². The number of nitrogens with one attached hydrogen (secondary N) is 1. The van der Waals surface area contributed by atoms with Crippen molar-refractivity contribution >= 4 is 21.8 Å². The molecule has 0 bridgehead atoms. The van der Waals surface area contributed by atoms with E-state index in [9.17, 15) is 12.8 Å². The van der Waals surface area contributed by atoms with Gasteiger partial charge in [-0.3, -0.25) is 0 Å². The predicted molar refractivity (Wildman–Crippen MR) is 67.9 cm³/mol. The monoisotopic (exact) mass is 278 g/mol. The van der Waals surface area contributed by atoms with Gasteiger partial charge in [-0.25, -0.2) is 17.5 Å². The zero-order valence-electron chi connectivity index (χ0n) is 9.44. The summed E-state index contributed by atoms with van der Waals surface area (Å²) in [7, 11) is -3.79. The molecule has 0 unspecified atom stereocenters. The van der Waals surface area contributed by atoms with Crippen molar-refractivity contribution in [2.24, 2.45) is 5.73 Å². The Balaban J connectivity index is 2.97. The molecule has 0 spiro atoms. The molecule has 0 saturated carbocycles. The van der Waals surface area contributed by atoms with Crippen LogP contribution in [0.15, 0.2) is 23.1 Å². The lowest BCUT2D eigenvalue weighted by Crippen LogP contribution is -2.27. The number of hydrogen-bond acceptors (Lipinski definition) is 4. The second-order valence-corrected chi connectivity index (χ2v) is 6.08. The van der Waals surface area contributed by atoms with Crippen LogP contribution in [0.1, 0.15) is 5.56 Å². The molecule has 0 aromatic heterocycles. The van der Waals surface area contributed by atoms with Crippen molar-refractivity contribution in [2.75, 3.05) is 18.6 Å². The lowest BCUT2D eigenvalue weighted by atomic mass is 10.2.